The van der Waals surface area contributed by atoms with Crippen LogP contribution in [0.2, 0.25) is 0 Å². The van der Waals surface area contributed by atoms with Gasteiger partial charge in [-0.3, -0.25) is 10.1 Å². The minimum Gasteiger partial charge on any atom is -0.369 e. The molecule has 0 amide bonds. The van der Waals surface area contributed by atoms with E-state index in [0.717, 1.165) is 11.4 Å². The van der Waals surface area contributed by atoms with Gasteiger partial charge in [-0.15, -0.1) is 0 Å². The van der Waals surface area contributed by atoms with Gasteiger partial charge >= 0.3 is 0 Å². The van der Waals surface area contributed by atoms with Crippen LogP contribution in [-0.2, 0) is 13.6 Å². The number of aliphatic imine (C=N–C) groups is 1. The summed E-state index contributed by atoms with van der Waals surface area (Å²) in [5, 5.41) is 4.17. The Bertz CT molecular complexity index is 313. The highest BCUT2D eigenvalue weighted by Crippen LogP contribution is 2.02. The monoisotopic (exact) mass is 182 g/mol. The minimum absolute atomic E-state index is 0.221. The third kappa shape index (κ3) is 2.45. The molecule has 13 heavy (non-hydrogen) atoms. The Morgan fingerprint density at radius 3 is 2.92 bits per heavy atom. The maximum atomic E-state index is 5.36. The molecule has 1 aromatic rings. The number of aryl methyl sites for hydroxylation is 2. The third-order valence-corrected chi connectivity index (χ3v) is 1.66. The van der Waals surface area contributed by atoms with Gasteiger partial charge in [0.15, 0.2) is 0 Å². The van der Waals surface area contributed by atoms with Crippen LogP contribution in [0, 0.1) is 6.92 Å². The highest BCUT2D eigenvalue weighted by Gasteiger charge is 2.00. The van der Waals surface area contributed by atoms with Crippen LogP contribution in [0.4, 0.5) is 0 Å². The smallest absolute Gasteiger partial charge is 0.203 e. The average molecular weight is 182 g/mol. The van der Waals surface area contributed by atoms with Gasteiger partial charge in [-0.25, -0.2) is 10.8 Å². The van der Waals surface area contributed by atoms with Crippen molar-refractivity contribution in [3.8, 4) is 0 Å². The molecular formula is C7H14N6. The van der Waals surface area contributed by atoms with Gasteiger partial charge < -0.3 is 5.73 Å². The van der Waals surface area contributed by atoms with E-state index in [9.17, 15) is 0 Å². The second-order valence-electron chi connectivity index (χ2n) is 2.75. The SMILES string of the molecule is Cc1cc(CN=C(N)NN)n(C)n1. The fraction of sp³-hybridized carbons (Fsp3) is 0.429. The molecule has 0 aliphatic rings. The molecule has 0 saturated carbocycles. The van der Waals surface area contributed by atoms with E-state index in [1.165, 1.54) is 0 Å². The van der Waals surface area contributed by atoms with Crippen LogP contribution in [0.25, 0.3) is 0 Å². The van der Waals surface area contributed by atoms with E-state index in [-0.39, 0.29) is 5.96 Å². The lowest BCUT2D eigenvalue weighted by Crippen LogP contribution is -2.37. The molecular weight excluding hydrogens is 168 g/mol. The van der Waals surface area contributed by atoms with Crippen molar-refractivity contribution in [3.63, 3.8) is 0 Å². The number of rotatable bonds is 2. The normalized spacial score (nSPS) is 11.8. The maximum absolute atomic E-state index is 5.36. The summed E-state index contributed by atoms with van der Waals surface area (Å²) < 4.78 is 1.77. The topological polar surface area (TPSA) is 94.2 Å². The molecule has 6 nitrogen and oxygen atoms in total. The van der Waals surface area contributed by atoms with Gasteiger partial charge in [-0.05, 0) is 13.0 Å². The van der Waals surface area contributed by atoms with Crippen LogP contribution >= 0.6 is 0 Å². The number of hydrazine groups is 1. The van der Waals surface area contributed by atoms with Crippen molar-refractivity contribution in [2.45, 2.75) is 13.5 Å². The van der Waals surface area contributed by atoms with Crippen molar-refractivity contribution in [3.05, 3.63) is 17.5 Å². The van der Waals surface area contributed by atoms with E-state index in [2.05, 4.69) is 15.5 Å². The standard InChI is InChI=1S/C7H14N6/c1-5-3-6(13(2)12-5)4-10-7(8)11-9/h3H,4,9H2,1-2H3,(H3,8,10,11). The van der Waals surface area contributed by atoms with Gasteiger partial charge in [0, 0.05) is 7.05 Å². The largest absolute Gasteiger partial charge is 0.369 e. The molecule has 1 rings (SSSR count). The van der Waals surface area contributed by atoms with Gasteiger partial charge in [0.25, 0.3) is 0 Å². The van der Waals surface area contributed by atoms with Gasteiger partial charge in [0.1, 0.15) is 0 Å². The molecule has 1 aromatic heterocycles. The minimum atomic E-state index is 0.221. The number of hydrogen-bond donors (Lipinski definition) is 3. The Morgan fingerprint density at radius 1 is 1.77 bits per heavy atom. The Morgan fingerprint density at radius 2 is 2.46 bits per heavy atom. The van der Waals surface area contributed by atoms with E-state index in [1.807, 2.05) is 20.0 Å². The van der Waals surface area contributed by atoms with Gasteiger partial charge in [0.05, 0.1) is 17.9 Å². The molecule has 72 valence electrons. The molecule has 0 fully saturated rings. The fourth-order valence-electron chi connectivity index (χ4n) is 1.02. The fourth-order valence-corrected chi connectivity index (χ4v) is 1.02. The number of aromatic nitrogens is 2. The van der Waals surface area contributed by atoms with E-state index in [1.54, 1.807) is 4.68 Å². The number of nitrogens with zero attached hydrogens (tertiary/aromatic N) is 3. The molecule has 6 heteroatoms. The van der Waals surface area contributed by atoms with E-state index >= 15 is 0 Å². The summed E-state index contributed by atoms with van der Waals surface area (Å²) in [6, 6.07) is 1.95. The van der Waals surface area contributed by atoms with E-state index in [0.29, 0.717) is 6.54 Å². The maximum Gasteiger partial charge on any atom is 0.203 e. The second kappa shape index (κ2) is 3.90. The Hall–Kier alpha value is -1.56. The number of nitrogens with one attached hydrogen (secondary N) is 1. The third-order valence-electron chi connectivity index (χ3n) is 1.66. The van der Waals surface area contributed by atoms with E-state index < -0.39 is 0 Å². The molecule has 1 heterocycles. The lowest BCUT2D eigenvalue weighted by molar-refractivity contribution is 0.704. The zero-order valence-electron chi connectivity index (χ0n) is 7.78. The summed E-state index contributed by atoms with van der Waals surface area (Å²) in [5.41, 5.74) is 9.58. The molecule has 0 atom stereocenters. The van der Waals surface area contributed by atoms with Gasteiger partial charge in [-0.1, -0.05) is 0 Å². The quantitative estimate of drug-likeness (QED) is 0.237. The van der Waals surface area contributed by atoms with Crippen molar-refractivity contribution in [2.75, 3.05) is 0 Å². The zero-order chi connectivity index (χ0) is 9.84. The number of nitrogens with two attached hydrogens (primary N) is 2. The summed E-state index contributed by atoms with van der Waals surface area (Å²) in [6.07, 6.45) is 0. The summed E-state index contributed by atoms with van der Waals surface area (Å²) >= 11 is 0. The predicted octanol–water partition coefficient (Wildman–Crippen LogP) is -0.993. The van der Waals surface area contributed by atoms with Crippen LogP contribution in [-0.4, -0.2) is 15.7 Å². The van der Waals surface area contributed by atoms with Crippen molar-refractivity contribution >= 4 is 5.96 Å². The molecule has 5 N–H and O–H groups in total. The van der Waals surface area contributed by atoms with E-state index in [4.69, 9.17) is 11.6 Å². The summed E-state index contributed by atoms with van der Waals surface area (Å²) in [5.74, 6) is 5.27. The zero-order valence-corrected chi connectivity index (χ0v) is 7.78. The summed E-state index contributed by atoms with van der Waals surface area (Å²) in [7, 11) is 1.86. The van der Waals surface area contributed by atoms with Gasteiger partial charge in [-0.2, -0.15) is 5.10 Å². The molecule has 0 aromatic carbocycles. The first kappa shape index (κ1) is 9.53. The lowest BCUT2D eigenvalue weighted by atomic mass is 10.4. The Labute approximate surface area is 76.6 Å². The Kier molecular flexibility index (Phi) is 2.86. The van der Waals surface area contributed by atoms with Crippen LogP contribution in [0.1, 0.15) is 11.4 Å². The van der Waals surface area contributed by atoms with Crippen LogP contribution in [0.15, 0.2) is 11.1 Å². The molecule has 0 unspecified atom stereocenters. The summed E-state index contributed by atoms with van der Waals surface area (Å²) in [6.45, 7) is 2.41. The molecule has 0 spiro atoms. The highest BCUT2D eigenvalue weighted by atomic mass is 15.3. The van der Waals surface area contributed by atoms with Crippen LogP contribution < -0.4 is 17.0 Å². The van der Waals surface area contributed by atoms with Crippen molar-refractivity contribution in [1.29, 1.82) is 0 Å². The molecule has 0 radical (unpaired) electrons. The van der Waals surface area contributed by atoms with Crippen molar-refractivity contribution in [1.82, 2.24) is 15.2 Å². The first-order valence-corrected chi connectivity index (χ1v) is 3.89. The number of guanidine groups is 1. The molecule has 0 aliphatic heterocycles. The lowest BCUT2D eigenvalue weighted by Gasteiger charge is -1.99. The number of hydrogen-bond acceptors (Lipinski definition) is 3. The molecule has 0 saturated heterocycles. The van der Waals surface area contributed by atoms with Crippen molar-refractivity contribution < 1.29 is 0 Å². The molecule has 0 aliphatic carbocycles. The van der Waals surface area contributed by atoms with Gasteiger partial charge in [0.2, 0.25) is 5.96 Å². The first-order chi connectivity index (χ1) is 6.13. The second-order valence-corrected chi connectivity index (χ2v) is 2.75. The summed E-state index contributed by atoms with van der Waals surface area (Å²) in [4.78, 5) is 3.98. The predicted molar refractivity (Wildman–Crippen MR) is 50.6 cm³/mol. The van der Waals surface area contributed by atoms with Crippen molar-refractivity contribution in [2.24, 2.45) is 23.6 Å². The molecule has 0 bridgehead atoms. The van der Waals surface area contributed by atoms with Crippen LogP contribution in [0.5, 0.6) is 0 Å². The highest BCUT2D eigenvalue weighted by molar-refractivity contribution is 5.77. The first-order valence-electron chi connectivity index (χ1n) is 3.89. The van der Waals surface area contributed by atoms with Crippen LogP contribution in [0.3, 0.4) is 0 Å². The Balaban J connectivity index is 2.69. The average Bonchev–Trinajstić information content (AvgIpc) is 2.41.